The average molecular weight is 356 g/mol. The molecule has 0 atom stereocenters. The van der Waals surface area contributed by atoms with E-state index in [0.717, 1.165) is 0 Å². The number of carbonyl (C=O) groups is 2. The van der Waals surface area contributed by atoms with Crippen molar-refractivity contribution in [3.8, 4) is 0 Å². The highest BCUT2D eigenvalue weighted by molar-refractivity contribution is 9.10. The number of amides is 1. The Morgan fingerprint density at radius 1 is 1.25 bits per heavy atom. The SMILES string of the molecule is O=C(O)c1ccc(NC(=O)c2cc(Cl)ccc2Br)nc1. The molecule has 0 unspecified atom stereocenters. The van der Waals surface area contributed by atoms with Crippen molar-refractivity contribution >= 4 is 45.2 Å². The predicted octanol–water partition coefficient (Wildman–Crippen LogP) is 3.45. The fourth-order valence-electron chi connectivity index (χ4n) is 1.45. The molecule has 2 rings (SSSR count). The number of hydrogen-bond donors (Lipinski definition) is 2. The molecule has 0 bridgehead atoms. The van der Waals surface area contributed by atoms with Gasteiger partial charge in [-0.25, -0.2) is 9.78 Å². The second-order valence-electron chi connectivity index (χ2n) is 3.82. The minimum Gasteiger partial charge on any atom is -0.478 e. The number of rotatable bonds is 3. The molecule has 20 heavy (non-hydrogen) atoms. The molecule has 1 heterocycles. The van der Waals surface area contributed by atoms with Gasteiger partial charge in [0.15, 0.2) is 0 Å². The Kier molecular flexibility index (Phi) is 4.36. The van der Waals surface area contributed by atoms with E-state index in [2.05, 4.69) is 26.2 Å². The number of hydrogen-bond acceptors (Lipinski definition) is 3. The molecule has 0 aliphatic carbocycles. The minimum absolute atomic E-state index is 0.0481. The van der Waals surface area contributed by atoms with Crippen molar-refractivity contribution in [2.24, 2.45) is 0 Å². The van der Waals surface area contributed by atoms with Crippen LogP contribution in [0.5, 0.6) is 0 Å². The van der Waals surface area contributed by atoms with E-state index in [9.17, 15) is 9.59 Å². The topological polar surface area (TPSA) is 79.3 Å². The lowest BCUT2D eigenvalue weighted by molar-refractivity contribution is 0.0696. The van der Waals surface area contributed by atoms with Gasteiger partial charge in [-0.1, -0.05) is 11.6 Å². The van der Waals surface area contributed by atoms with E-state index in [0.29, 0.717) is 15.1 Å². The van der Waals surface area contributed by atoms with Crippen LogP contribution in [0.25, 0.3) is 0 Å². The van der Waals surface area contributed by atoms with Crippen LogP contribution in [0.4, 0.5) is 5.82 Å². The third-order valence-corrected chi connectivity index (χ3v) is 3.35. The quantitative estimate of drug-likeness (QED) is 0.884. The Labute approximate surface area is 127 Å². The van der Waals surface area contributed by atoms with Gasteiger partial charge in [-0.15, -0.1) is 0 Å². The van der Waals surface area contributed by atoms with Crippen LogP contribution in [0, 0.1) is 0 Å². The van der Waals surface area contributed by atoms with Crippen molar-refractivity contribution in [3.05, 3.63) is 57.2 Å². The second kappa shape index (κ2) is 6.02. The van der Waals surface area contributed by atoms with Crippen LogP contribution in [-0.2, 0) is 0 Å². The fraction of sp³-hybridized carbons (Fsp3) is 0. The molecule has 0 spiro atoms. The summed E-state index contributed by atoms with van der Waals surface area (Å²) in [5.41, 5.74) is 0.411. The summed E-state index contributed by atoms with van der Waals surface area (Å²) in [5, 5.41) is 11.8. The number of halogens is 2. The normalized spacial score (nSPS) is 10.1. The van der Waals surface area contributed by atoms with E-state index in [1.54, 1.807) is 12.1 Å². The third-order valence-electron chi connectivity index (χ3n) is 2.43. The smallest absolute Gasteiger partial charge is 0.337 e. The number of aromatic nitrogens is 1. The summed E-state index contributed by atoms with van der Waals surface area (Å²) in [6, 6.07) is 7.62. The van der Waals surface area contributed by atoms with Crippen molar-refractivity contribution in [1.82, 2.24) is 4.98 Å². The first-order valence-electron chi connectivity index (χ1n) is 5.43. The van der Waals surface area contributed by atoms with Crippen LogP contribution in [0.1, 0.15) is 20.7 Å². The van der Waals surface area contributed by atoms with Gasteiger partial charge < -0.3 is 10.4 Å². The Morgan fingerprint density at radius 2 is 2.00 bits per heavy atom. The zero-order chi connectivity index (χ0) is 14.7. The highest BCUT2D eigenvalue weighted by Gasteiger charge is 2.12. The molecule has 0 saturated heterocycles. The van der Waals surface area contributed by atoms with Gasteiger partial charge in [0.2, 0.25) is 0 Å². The van der Waals surface area contributed by atoms with Crippen molar-refractivity contribution in [2.45, 2.75) is 0 Å². The summed E-state index contributed by atoms with van der Waals surface area (Å²) in [5.74, 6) is -1.21. The lowest BCUT2D eigenvalue weighted by Crippen LogP contribution is -2.13. The Hall–Kier alpha value is -1.92. The summed E-state index contributed by atoms with van der Waals surface area (Å²) >= 11 is 9.10. The Morgan fingerprint density at radius 3 is 2.60 bits per heavy atom. The number of benzene rings is 1. The predicted molar refractivity (Wildman–Crippen MR) is 78.3 cm³/mol. The Bertz CT molecular complexity index is 674. The van der Waals surface area contributed by atoms with E-state index >= 15 is 0 Å². The molecular weight excluding hydrogens is 348 g/mol. The van der Waals surface area contributed by atoms with Crippen LogP contribution in [0.3, 0.4) is 0 Å². The van der Waals surface area contributed by atoms with Gasteiger partial charge in [0.05, 0.1) is 11.1 Å². The standard InChI is InChI=1S/C13H8BrClN2O3/c14-10-3-2-8(15)5-9(10)12(18)17-11-4-1-7(6-16-11)13(19)20/h1-6H,(H,19,20)(H,16,17,18). The summed E-state index contributed by atoms with van der Waals surface area (Å²) < 4.78 is 0.599. The molecule has 2 N–H and O–H groups in total. The van der Waals surface area contributed by atoms with Gasteiger partial charge >= 0.3 is 5.97 Å². The van der Waals surface area contributed by atoms with E-state index in [1.165, 1.54) is 24.4 Å². The summed E-state index contributed by atoms with van der Waals surface area (Å²) in [6.45, 7) is 0. The summed E-state index contributed by atoms with van der Waals surface area (Å²) in [7, 11) is 0. The third kappa shape index (κ3) is 3.34. The second-order valence-corrected chi connectivity index (χ2v) is 5.11. The van der Waals surface area contributed by atoms with E-state index < -0.39 is 11.9 Å². The number of nitrogens with zero attached hydrogens (tertiary/aromatic N) is 1. The summed E-state index contributed by atoms with van der Waals surface area (Å²) in [4.78, 5) is 26.6. The van der Waals surface area contributed by atoms with Crippen molar-refractivity contribution in [2.75, 3.05) is 5.32 Å². The molecule has 0 fully saturated rings. The fourth-order valence-corrected chi connectivity index (χ4v) is 2.05. The number of carboxylic acid groups (broad SMARTS) is 1. The molecule has 102 valence electrons. The molecular formula is C13H8BrClN2O3. The van der Waals surface area contributed by atoms with Gasteiger partial charge in [-0.2, -0.15) is 0 Å². The molecule has 0 radical (unpaired) electrons. The van der Waals surface area contributed by atoms with Crippen molar-refractivity contribution in [1.29, 1.82) is 0 Å². The molecule has 0 aliphatic rings. The summed E-state index contributed by atoms with van der Waals surface area (Å²) in [6.07, 6.45) is 1.17. The van der Waals surface area contributed by atoms with Crippen LogP contribution < -0.4 is 5.32 Å². The van der Waals surface area contributed by atoms with Crippen LogP contribution in [0.2, 0.25) is 5.02 Å². The van der Waals surface area contributed by atoms with Crippen molar-refractivity contribution < 1.29 is 14.7 Å². The molecule has 1 aromatic heterocycles. The zero-order valence-corrected chi connectivity index (χ0v) is 12.3. The average Bonchev–Trinajstić information content (AvgIpc) is 2.42. The first-order valence-corrected chi connectivity index (χ1v) is 6.60. The maximum atomic E-state index is 12.0. The number of pyridine rings is 1. The molecule has 1 amide bonds. The van der Waals surface area contributed by atoms with Gasteiger partial charge in [-0.3, -0.25) is 4.79 Å². The molecule has 1 aromatic carbocycles. The highest BCUT2D eigenvalue weighted by Crippen LogP contribution is 2.22. The first-order chi connectivity index (χ1) is 9.47. The first kappa shape index (κ1) is 14.5. The van der Waals surface area contributed by atoms with E-state index in [-0.39, 0.29) is 11.4 Å². The number of carboxylic acids is 1. The van der Waals surface area contributed by atoms with Gasteiger partial charge in [-0.05, 0) is 46.3 Å². The van der Waals surface area contributed by atoms with Crippen LogP contribution >= 0.6 is 27.5 Å². The van der Waals surface area contributed by atoms with Gasteiger partial charge in [0.1, 0.15) is 5.82 Å². The molecule has 2 aromatic rings. The van der Waals surface area contributed by atoms with Crippen LogP contribution in [-0.4, -0.2) is 22.0 Å². The number of nitrogens with one attached hydrogen (secondary N) is 1. The molecule has 0 aliphatic heterocycles. The van der Waals surface area contributed by atoms with E-state index in [1.807, 2.05) is 0 Å². The molecule has 7 heteroatoms. The highest BCUT2D eigenvalue weighted by atomic mass is 79.9. The number of anilines is 1. The largest absolute Gasteiger partial charge is 0.478 e. The van der Waals surface area contributed by atoms with Gasteiger partial charge in [0, 0.05) is 15.7 Å². The van der Waals surface area contributed by atoms with Gasteiger partial charge in [0.25, 0.3) is 5.91 Å². The maximum Gasteiger partial charge on any atom is 0.337 e. The zero-order valence-electron chi connectivity index (χ0n) is 9.93. The lowest BCUT2D eigenvalue weighted by Gasteiger charge is -2.06. The maximum absolute atomic E-state index is 12.0. The Balaban J connectivity index is 2.19. The van der Waals surface area contributed by atoms with E-state index in [4.69, 9.17) is 16.7 Å². The monoisotopic (exact) mass is 354 g/mol. The van der Waals surface area contributed by atoms with Crippen molar-refractivity contribution in [3.63, 3.8) is 0 Å². The minimum atomic E-state index is -1.08. The number of aromatic carboxylic acids is 1. The molecule has 5 nitrogen and oxygen atoms in total. The number of carbonyl (C=O) groups excluding carboxylic acids is 1. The van der Waals surface area contributed by atoms with Crippen LogP contribution in [0.15, 0.2) is 41.0 Å². The lowest BCUT2D eigenvalue weighted by atomic mass is 10.2. The molecule has 0 saturated carbocycles.